The van der Waals surface area contributed by atoms with Gasteiger partial charge in [-0.3, -0.25) is 0 Å². The average Bonchev–Trinajstić information content (AvgIpc) is 2.59. The summed E-state index contributed by atoms with van der Waals surface area (Å²) in [5.74, 6) is 1.39. The molecule has 0 radical (unpaired) electrons. The zero-order valence-electron chi connectivity index (χ0n) is 8.44. The maximum atomic E-state index is 5.26. The lowest BCUT2D eigenvalue weighted by Crippen LogP contribution is -1.92. The van der Waals surface area contributed by atoms with Crippen LogP contribution in [0.25, 0.3) is 11.0 Å². The quantitative estimate of drug-likeness (QED) is 0.725. The molecule has 14 heavy (non-hydrogen) atoms. The molecule has 74 valence electrons. The molecule has 1 aromatic heterocycles. The Balaban J connectivity index is 2.77. The number of methoxy groups -OCH3 is 2. The van der Waals surface area contributed by atoms with E-state index < -0.39 is 0 Å². The fourth-order valence-corrected chi connectivity index (χ4v) is 1.52. The summed E-state index contributed by atoms with van der Waals surface area (Å²) >= 11 is 0. The van der Waals surface area contributed by atoms with E-state index in [0.29, 0.717) is 11.5 Å². The molecule has 1 aromatic carbocycles. The van der Waals surface area contributed by atoms with Crippen LogP contribution in [0.4, 0.5) is 0 Å². The first-order valence-corrected chi connectivity index (χ1v) is 4.30. The lowest BCUT2D eigenvalue weighted by molar-refractivity contribution is 0.358. The smallest absolute Gasteiger partial charge is 0.188 e. The predicted octanol–water partition coefficient (Wildman–Crippen LogP) is 1.59. The third kappa shape index (κ3) is 1.11. The van der Waals surface area contributed by atoms with Gasteiger partial charge in [-0.05, 0) is 12.1 Å². The Morgan fingerprint density at radius 1 is 1.21 bits per heavy atom. The van der Waals surface area contributed by atoms with Crippen LogP contribution in [-0.2, 0) is 7.05 Å². The van der Waals surface area contributed by atoms with Crippen LogP contribution in [0.5, 0.6) is 11.5 Å². The number of aryl methyl sites for hydroxylation is 1. The molecule has 0 spiro atoms. The fourth-order valence-electron chi connectivity index (χ4n) is 1.52. The Morgan fingerprint density at radius 2 is 2.00 bits per heavy atom. The van der Waals surface area contributed by atoms with Crippen molar-refractivity contribution in [2.45, 2.75) is 0 Å². The van der Waals surface area contributed by atoms with Crippen molar-refractivity contribution >= 4 is 11.0 Å². The van der Waals surface area contributed by atoms with E-state index in [1.165, 1.54) is 0 Å². The first-order chi connectivity index (χ1) is 6.77. The molecule has 0 atom stereocenters. The summed E-state index contributed by atoms with van der Waals surface area (Å²) in [6, 6.07) is 3.84. The zero-order chi connectivity index (χ0) is 10.1. The molecule has 2 aromatic rings. The molecule has 0 aliphatic rings. The maximum Gasteiger partial charge on any atom is 0.188 e. The van der Waals surface area contributed by atoms with Crippen LogP contribution >= 0.6 is 0 Å². The Labute approximate surface area is 82.1 Å². The van der Waals surface area contributed by atoms with E-state index in [4.69, 9.17) is 9.47 Å². The Hall–Kier alpha value is -1.71. The summed E-state index contributed by atoms with van der Waals surface area (Å²) in [5, 5.41) is 0. The van der Waals surface area contributed by atoms with Gasteiger partial charge in [-0.1, -0.05) is 0 Å². The highest BCUT2D eigenvalue weighted by Gasteiger charge is 2.11. The van der Waals surface area contributed by atoms with Gasteiger partial charge >= 0.3 is 0 Å². The van der Waals surface area contributed by atoms with Crippen LogP contribution in [0.1, 0.15) is 0 Å². The van der Waals surface area contributed by atoms with Gasteiger partial charge in [0, 0.05) is 7.05 Å². The summed E-state index contributed by atoms with van der Waals surface area (Å²) < 4.78 is 12.4. The highest BCUT2D eigenvalue weighted by Crippen LogP contribution is 2.33. The molecule has 0 fully saturated rings. The SMILES string of the molecule is COc1ccc2c(ncn2C)c1OC. The second kappa shape index (κ2) is 3.21. The number of nitrogens with zero attached hydrogens (tertiary/aromatic N) is 2. The van der Waals surface area contributed by atoms with Gasteiger partial charge in [0.15, 0.2) is 11.5 Å². The molecular weight excluding hydrogens is 180 g/mol. The van der Waals surface area contributed by atoms with Crippen molar-refractivity contribution in [1.29, 1.82) is 0 Å². The Kier molecular flexibility index (Phi) is 2.04. The molecule has 1 heterocycles. The molecule has 0 N–H and O–H groups in total. The third-order valence-electron chi connectivity index (χ3n) is 2.24. The number of ether oxygens (including phenoxy) is 2. The minimum atomic E-state index is 0.686. The zero-order valence-corrected chi connectivity index (χ0v) is 8.44. The van der Waals surface area contributed by atoms with Gasteiger partial charge in [0.05, 0.1) is 26.1 Å². The van der Waals surface area contributed by atoms with Crippen molar-refractivity contribution in [3.8, 4) is 11.5 Å². The highest BCUT2D eigenvalue weighted by atomic mass is 16.5. The molecule has 0 aliphatic carbocycles. The van der Waals surface area contributed by atoms with Gasteiger partial charge in [0.25, 0.3) is 0 Å². The average molecular weight is 192 g/mol. The van der Waals surface area contributed by atoms with Gasteiger partial charge in [-0.2, -0.15) is 0 Å². The first kappa shape index (κ1) is 8.87. The van der Waals surface area contributed by atoms with Crippen LogP contribution in [0.15, 0.2) is 18.5 Å². The van der Waals surface area contributed by atoms with E-state index in [0.717, 1.165) is 11.0 Å². The molecule has 0 aliphatic heterocycles. The van der Waals surface area contributed by atoms with E-state index in [1.807, 2.05) is 23.7 Å². The van der Waals surface area contributed by atoms with E-state index >= 15 is 0 Å². The molecule has 4 nitrogen and oxygen atoms in total. The van der Waals surface area contributed by atoms with Crippen LogP contribution in [0.2, 0.25) is 0 Å². The summed E-state index contributed by atoms with van der Waals surface area (Å²) in [4.78, 5) is 4.26. The second-order valence-electron chi connectivity index (χ2n) is 3.02. The number of imidazole rings is 1. The number of fused-ring (bicyclic) bond motifs is 1. The number of benzene rings is 1. The predicted molar refractivity (Wildman–Crippen MR) is 53.8 cm³/mol. The number of aromatic nitrogens is 2. The fraction of sp³-hybridized carbons (Fsp3) is 0.300. The Morgan fingerprint density at radius 3 is 2.64 bits per heavy atom. The van der Waals surface area contributed by atoms with Gasteiger partial charge in [-0.15, -0.1) is 0 Å². The number of rotatable bonds is 2. The monoisotopic (exact) mass is 192 g/mol. The standard InChI is InChI=1S/C10H12N2O2/c1-12-6-11-9-7(12)4-5-8(13-2)10(9)14-3/h4-6H,1-3H3. The summed E-state index contributed by atoms with van der Waals surface area (Å²) in [5.41, 5.74) is 1.86. The van der Waals surface area contributed by atoms with Crippen molar-refractivity contribution in [3.63, 3.8) is 0 Å². The van der Waals surface area contributed by atoms with Gasteiger partial charge < -0.3 is 14.0 Å². The Bertz CT molecular complexity index is 462. The van der Waals surface area contributed by atoms with E-state index in [-0.39, 0.29) is 0 Å². The molecule has 2 rings (SSSR count). The molecule has 0 saturated heterocycles. The molecule has 0 unspecified atom stereocenters. The van der Waals surface area contributed by atoms with Crippen LogP contribution in [-0.4, -0.2) is 23.8 Å². The third-order valence-corrected chi connectivity index (χ3v) is 2.24. The van der Waals surface area contributed by atoms with Crippen molar-refractivity contribution in [2.75, 3.05) is 14.2 Å². The lowest BCUT2D eigenvalue weighted by atomic mass is 10.2. The minimum Gasteiger partial charge on any atom is -0.493 e. The summed E-state index contributed by atoms with van der Waals surface area (Å²) in [6.45, 7) is 0. The van der Waals surface area contributed by atoms with Crippen LogP contribution < -0.4 is 9.47 Å². The van der Waals surface area contributed by atoms with Gasteiger partial charge in [0.1, 0.15) is 5.52 Å². The molecule has 0 saturated carbocycles. The van der Waals surface area contributed by atoms with Crippen molar-refractivity contribution < 1.29 is 9.47 Å². The van der Waals surface area contributed by atoms with Gasteiger partial charge in [0.2, 0.25) is 0 Å². The van der Waals surface area contributed by atoms with Crippen LogP contribution in [0, 0.1) is 0 Å². The lowest BCUT2D eigenvalue weighted by Gasteiger charge is -2.07. The van der Waals surface area contributed by atoms with Gasteiger partial charge in [-0.25, -0.2) is 4.98 Å². The van der Waals surface area contributed by atoms with E-state index in [2.05, 4.69) is 4.98 Å². The van der Waals surface area contributed by atoms with Crippen LogP contribution in [0.3, 0.4) is 0 Å². The molecule has 0 amide bonds. The highest BCUT2D eigenvalue weighted by molar-refractivity contribution is 5.84. The first-order valence-electron chi connectivity index (χ1n) is 4.30. The summed E-state index contributed by atoms with van der Waals surface area (Å²) in [7, 11) is 5.18. The molecule has 0 bridgehead atoms. The summed E-state index contributed by atoms with van der Waals surface area (Å²) in [6.07, 6.45) is 1.76. The minimum absolute atomic E-state index is 0.686. The number of hydrogen-bond donors (Lipinski definition) is 0. The van der Waals surface area contributed by atoms with E-state index in [9.17, 15) is 0 Å². The normalized spacial score (nSPS) is 10.5. The number of hydrogen-bond acceptors (Lipinski definition) is 3. The second-order valence-corrected chi connectivity index (χ2v) is 3.02. The topological polar surface area (TPSA) is 36.3 Å². The van der Waals surface area contributed by atoms with Crippen molar-refractivity contribution in [1.82, 2.24) is 9.55 Å². The maximum absolute atomic E-state index is 5.26. The van der Waals surface area contributed by atoms with Crippen molar-refractivity contribution in [2.24, 2.45) is 7.05 Å². The van der Waals surface area contributed by atoms with E-state index in [1.54, 1.807) is 20.5 Å². The van der Waals surface area contributed by atoms with Crippen molar-refractivity contribution in [3.05, 3.63) is 18.5 Å². The largest absolute Gasteiger partial charge is 0.493 e. The molecular formula is C10H12N2O2. The molecule has 4 heteroatoms.